The van der Waals surface area contributed by atoms with Gasteiger partial charge in [0.2, 0.25) is 5.91 Å². The second kappa shape index (κ2) is 10.3. The molecule has 2 heterocycles. The molecule has 2 aromatic heterocycles. The number of ether oxygens (including phenoxy) is 1. The quantitative estimate of drug-likeness (QED) is 0.299. The first kappa shape index (κ1) is 22.5. The van der Waals surface area contributed by atoms with Gasteiger partial charge in [0, 0.05) is 27.5 Å². The fraction of sp³-hybridized carbons (Fsp3) is 0.182. The molecule has 0 unspecified atom stereocenters. The summed E-state index contributed by atoms with van der Waals surface area (Å²) in [4.78, 5) is 17.0. The number of carbonyl (C=O) groups excluding carboxylic acids is 1. The van der Waals surface area contributed by atoms with Crippen molar-refractivity contribution in [2.75, 3.05) is 18.2 Å². The molecule has 10 heteroatoms. The van der Waals surface area contributed by atoms with Crippen LogP contribution in [0.5, 0.6) is 5.75 Å². The highest BCUT2D eigenvalue weighted by Crippen LogP contribution is 2.28. The molecule has 32 heavy (non-hydrogen) atoms. The first-order valence-corrected chi connectivity index (χ1v) is 12.4. The van der Waals surface area contributed by atoms with Crippen LogP contribution in [0.25, 0.3) is 22.6 Å². The second-order valence-electron chi connectivity index (χ2n) is 6.66. The molecule has 0 aliphatic carbocycles. The number of anilines is 1. The number of halogens is 1. The van der Waals surface area contributed by atoms with E-state index >= 15 is 0 Å². The number of rotatable bonds is 8. The van der Waals surface area contributed by atoms with Crippen LogP contribution in [-0.2, 0) is 11.3 Å². The van der Waals surface area contributed by atoms with Crippen LogP contribution in [0.1, 0.15) is 6.92 Å². The predicted octanol–water partition coefficient (Wildman–Crippen LogP) is 5.59. The number of hydrogen-bond donors (Lipinski definition) is 1. The van der Waals surface area contributed by atoms with E-state index in [1.165, 1.54) is 23.1 Å². The van der Waals surface area contributed by atoms with Crippen LogP contribution in [0.4, 0.5) is 5.13 Å². The molecule has 0 spiro atoms. The van der Waals surface area contributed by atoms with Gasteiger partial charge in [-0.05, 0) is 43.3 Å². The van der Waals surface area contributed by atoms with E-state index in [9.17, 15) is 4.79 Å². The minimum Gasteiger partial charge on any atom is -0.497 e. The molecular weight excluding hydrogens is 510 g/mol. The van der Waals surface area contributed by atoms with E-state index in [0.29, 0.717) is 16.8 Å². The summed E-state index contributed by atoms with van der Waals surface area (Å²) in [6, 6.07) is 15.6. The van der Waals surface area contributed by atoms with Gasteiger partial charge in [-0.25, -0.2) is 4.98 Å². The Bertz CT molecular complexity index is 1210. The first-order valence-electron chi connectivity index (χ1n) is 9.79. The molecule has 1 N–H and O–H groups in total. The van der Waals surface area contributed by atoms with E-state index in [-0.39, 0.29) is 11.7 Å². The minimum atomic E-state index is -0.136. The lowest BCUT2D eigenvalue weighted by atomic mass is 10.2. The Morgan fingerprint density at radius 1 is 1.12 bits per heavy atom. The van der Waals surface area contributed by atoms with E-state index in [1.807, 2.05) is 65.4 Å². The Labute approximate surface area is 202 Å². The zero-order valence-corrected chi connectivity index (χ0v) is 20.6. The Kier molecular flexibility index (Phi) is 7.23. The summed E-state index contributed by atoms with van der Waals surface area (Å²) in [5, 5.41) is 14.7. The highest BCUT2D eigenvalue weighted by molar-refractivity contribution is 9.10. The van der Waals surface area contributed by atoms with Crippen molar-refractivity contribution in [1.82, 2.24) is 19.7 Å². The van der Waals surface area contributed by atoms with Crippen molar-refractivity contribution in [3.63, 3.8) is 0 Å². The summed E-state index contributed by atoms with van der Waals surface area (Å²) >= 11 is 6.18. The van der Waals surface area contributed by atoms with E-state index < -0.39 is 0 Å². The molecule has 7 nitrogen and oxygen atoms in total. The Hall–Kier alpha value is -2.69. The number of thiazole rings is 1. The van der Waals surface area contributed by atoms with Crippen LogP contribution in [0.2, 0.25) is 0 Å². The van der Waals surface area contributed by atoms with Crippen molar-refractivity contribution >= 4 is 50.1 Å². The van der Waals surface area contributed by atoms with Crippen LogP contribution >= 0.6 is 39.0 Å². The third-order valence-electron chi connectivity index (χ3n) is 4.60. The van der Waals surface area contributed by atoms with Crippen LogP contribution in [-0.4, -0.2) is 38.5 Å². The molecule has 0 atom stereocenters. The van der Waals surface area contributed by atoms with Gasteiger partial charge in [0.25, 0.3) is 0 Å². The van der Waals surface area contributed by atoms with Crippen molar-refractivity contribution in [2.45, 2.75) is 18.6 Å². The first-order chi connectivity index (χ1) is 15.6. The normalized spacial score (nSPS) is 10.8. The van der Waals surface area contributed by atoms with Crippen molar-refractivity contribution in [3.05, 3.63) is 58.4 Å². The largest absolute Gasteiger partial charge is 0.497 e. The van der Waals surface area contributed by atoms with Crippen molar-refractivity contribution < 1.29 is 9.53 Å². The van der Waals surface area contributed by atoms with Gasteiger partial charge in [0.05, 0.1) is 18.6 Å². The van der Waals surface area contributed by atoms with Gasteiger partial charge in [0.15, 0.2) is 16.1 Å². The highest BCUT2D eigenvalue weighted by Gasteiger charge is 2.15. The number of carbonyl (C=O) groups is 1. The molecule has 0 saturated heterocycles. The summed E-state index contributed by atoms with van der Waals surface area (Å²) in [6.07, 6.45) is 0. The molecule has 0 saturated carbocycles. The van der Waals surface area contributed by atoms with Gasteiger partial charge in [-0.1, -0.05) is 39.8 Å². The number of benzene rings is 2. The van der Waals surface area contributed by atoms with Crippen LogP contribution < -0.4 is 10.1 Å². The van der Waals surface area contributed by atoms with Gasteiger partial charge in [-0.15, -0.1) is 21.5 Å². The number of nitrogens with zero attached hydrogens (tertiary/aromatic N) is 4. The van der Waals surface area contributed by atoms with Crippen molar-refractivity contribution in [2.24, 2.45) is 0 Å². The zero-order chi connectivity index (χ0) is 22.5. The molecule has 0 radical (unpaired) electrons. The molecule has 0 aliphatic heterocycles. The molecule has 4 aromatic rings. The Balaban J connectivity index is 1.39. The number of thioether (sulfide) groups is 1. The lowest BCUT2D eigenvalue weighted by Gasteiger charge is -2.08. The predicted molar refractivity (Wildman–Crippen MR) is 132 cm³/mol. The van der Waals surface area contributed by atoms with E-state index in [4.69, 9.17) is 4.74 Å². The third kappa shape index (κ3) is 5.20. The van der Waals surface area contributed by atoms with Crippen molar-refractivity contribution in [3.8, 4) is 28.4 Å². The minimum absolute atomic E-state index is 0.136. The lowest BCUT2D eigenvalue weighted by Crippen LogP contribution is -2.14. The number of nitrogens with one attached hydrogen (secondary N) is 1. The maximum Gasteiger partial charge on any atom is 0.236 e. The van der Waals surface area contributed by atoms with Gasteiger partial charge >= 0.3 is 0 Å². The molecule has 4 rings (SSSR count). The van der Waals surface area contributed by atoms with E-state index in [1.54, 1.807) is 7.11 Å². The number of amides is 1. The van der Waals surface area contributed by atoms with Gasteiger partial charge in [-0.3, -0.25) is 4.79 Å². The Morgan fingerprint density at radius 3 is 2.53 bits per heavy atom. The summed E-state index contributed by atoms with van der Waals surface area (Å²) in [5.41, 5.74) is 2.78. The van der Waals surface area contributed by atoms with E-state index in [2.05, 4.69) is 36.4 Å². The summed E-state index contributed by atoms with van der Waals surface area (Å²) in [7, 11) is 1.64. The molecule has 1 amide bonds. The maximum absolute atomic E-state index is 12.5. The number of aromatic nitrogens is 4. The van der Waals surface area contributed by atoms with Crippen LogP contribution in [0.15, 0.2) is 63.5 Å². The average Bonchev–Trinajstić information content (AvgIpc) is 3.45. The Morgan fingerprint density at radius 2 is 1.84 bits per heavy atom. The summed E-state index contributed by atoms with van der Waals surface area (Å²) in [6.45, 7) is 2.72. The highest BCUT2D eigenvalue weighted by atomic mass is 79.9. The fourth-order valence-electron chi connectivity index (χ4n) is 3.00. The monoisotopic (exact) mass is 529 g/mol. The number of hydrogen-bond acceptors (Lipinski definition) is 7. The maximum atomic E-state index is 12.5. The molecule has 0 bridgehead atoms. The van der Waals surface area contributed by atoms with Crippen LogP contribution in [0.3, 0.4) is 0 Å². The molecule has 0 aliphatic rings. The smallest absolute Gasteiger partial charge is 0.236 e. The van der Waals surface area contributed by atoms with Crippen LogP contribution in [0, 0.1) is 0 Å². The summed E-state index contributed by atoms with van der Waals surface area (Å²) in [5.74, 6) is 1.63. The second-order valence-corrected chi connectivity index (χ2v) is 9.38. The third-order valence-corrected chi connectivity index (χ3v) is 6.86. The molecule has 2 aromatic carbocycles. The number of methoxy groups -OCH3 is 1. The molecule has 164 valence electrons. The van der Waals surface area contributed by atoms with Gasteiger partial charge in [-0.2, -0.15) is 0 Å². The van der Waals surface area contributed by atoms with Gasteiger partial charge < -0.3 is 14.6 Å². The SMILES string of the molecule is CCn1c(SCC(=O)Nc2nc(-c3ccc(Br)cc3)cs2)nnc1-c1ccc(OC)cc1. The zero-order valence-electron chi connectivity index (χ0n) is 17.4. The lowest BCUT2D eigenvalue weighted by molar-refractivity contribution is -0.113. The van der Waals surface area contributed by atoms with Gasteiger partial charge in [0.1, 0.15) is 5.75 Å². The standard InChI is InChI=1S/C22H20BrN5O2S2/c1-3-28-20(15-6-10-17(30-2)11-7-15)26-27-22(28)32-13-19(29)25-21-24-18(12-31-21)14-4-8-16(23)9-5-14/h4-12H,3,13H2,1-2H3,(H,24,25,29). The molecule has 0 fully saturated rings. The average molecular weight is 530 g/mol. The fourth-order valence-corrected chi connectivity index (χ4v) is 4.81. The van der Waals surface area contributed by atoms with Crippen molar-refractivity contribution in [1.29, 1.82) is 0 Å². The van der Waals surface area contributed by atoms with E-state index in [0.717, 1.165) is 32.9 Å². The molecular formula is C22H20BrN5O2S2. The summed E-state index contributed by atoms with van der Waals surface area (Å²) < 4.78 is 8.22. The topological polar surface area (TPSA) is 81.9 Å².